The lowest BCUT2D eigenvalue weighted by atomic mass is 9.63. The van der Waals surface area contributed by atoms with E-state index in [2.05, 4.69) is 11.7 Å². The van der Waals surface area contributed by atoms with E-state index in [9.17, 15) is 22.0 Å². The zero-order chi connectivity index (χ0) is 26.6. The van der Waals surface area contributed by atoms with Gasteiger partial charge in [0.15, 0.2) is 11.6 Å². The van der Waals surface area contributed by atoms with E-state index in [4.69, 9.17) is 0 Å². The average Bonchev–Trinajstić information content (AvgIpc) is 2.87. The van der Waals surface area contributed by atoms with Crippen LogP contribution >= 0.6 is 0 Å². The molecular formula is C30H36F6O. The van der Waals surface area contributed by atoms with Crippen molar-refractivity contribution in [2.24, 2.45) is 17.8 Å². The molecule has 2 saturated carbocycles. The molecule has 0 heterocycles. The molecule has 1 unspecified atom stereocenters. The lowest BCUT2D eigenvalue weighted by Gasteiger charge is -2.42. The molecule has 0 saturated heterocycles. The van der Waals surface area contributed by atoms with E-state index in [1.165, 1.54) is 69.9 Å². The number of ether oxygens (including phenoxy) is 1. The molecule has 0 bridgehead atoms. The Morgan fingerprint density at radius 1 is 0.865 bits per heavy atom. The van der Waals surface area contributed by atoms with E-state index < -0.39 is 29.9 Å². The molecule has 0 spiro atoms. The first kappa shape index (κ1) is 27.8. The summed E-state index contributed by atoms with van der Waals surface area (Å²) in [6.45, 7) is 2.24. The van der Waals surface area contributed by atoms with Gasteiger partial charge in [0.2, 0.25) is 0 Å². The molecule has 0 radical (unpaired) electrons. The monoisotopic (exact) mass is 526 g/mol. The summed E-state index contributed by atoms with van der Waals surface area (Å²) in [6.07, 6.45) is 4.82. The summed E-state index contributed by atoms with van der Waals surface area (Å²) in [6, 6.07) is 7.75. The van der Waals surface area contributed by atoms with Gasteiger partial charge in [0.1, 0.15) is 5.82 Å². The van der Waals surface area contributed by atoms with Crippen LogP contribution in [-0.4, -0.2) is 12.5 Å². The summed E-state index contributed by atoms with van der Waals surface area (Å²) in [4.78, 5) is 0. The highest BCUT2D eigenvalue weighted by Gasteiger charge is 2.44. The number of halogens is 6. The van der Waals surface area contributed by atoms with Gasteiger partial charge in [-0.25, -0.2) is 8.78 Å². The zero-order valence-electron chi connectivity index (χ0n) is 21.3. The number of alkyl halides is 4. The number of fused-ring (bicyclic) bond motifs is 1. The smallest absolute Gasteiger partial charge is 0.425 e. The maximum Gasteiger partial charge on any atom is 0.461 e. The molecule has 2 aliphatic carbocycles. The van der Waals surface area contributed by atoms with E-state index in [1.807, 2.05) is 6.07 Å². The second-order valence-electron chi connectivity index (χ2n) is 10.9. The van der Waals surface area contributed by atoms with Crippen LogP contribution in [0.4, 0.5) is 26.3 Å². The third-order valence-electron chi connectivity index (χ3n) is 8.40. The fourth-order valence-electron chi connectivity index (χ4n) is 6.37. The number of hydrogen-bond acceptors (Lipinski definition) is 1. The molecule has 2 aromatic carbocycles. The molecule has 2 aromatic rings. The summed E-state index contributed by atoms with van der Waals surface area (Å²) in [5.41, 5.74) is 1.17. The Kier molecular flexibility index (Phi) is 9.12. The predicted molar refractivity (Wildman–Crippen MR) is 133 cm³/mol. The first-order valence-electron chi connectivity index (χ1n) is 13.6. The van der Waals surface area contributed by atoms with Crippen molar-refractivity contribution in [2.45, 2.75) is 96.0 Å². The third-order valence-corrected chi connectivity index (χ3v) is 8.40. The van der Waals surface area contributed by atoms with Crippen LogP contribution in [0.5, 0.6) is 5.75 Å². The van der Waals surface area contributed by atoms with Gasteiger partial charge < -0.3 is 4.74 Å². The largest absolute Gasteiger partial charge is 0.461 e. The minimum atomic E-state index is -4.82. The standard InChI is InChI=1S/C30H36F6O/c1-2-3-4-5-6-19-7-8-21-16-22(10-9-20(21)15-19)23-11-13-25(26(31)17-23)24-12-14-28(27(32)18-24)37-30(35,36)29(33)34/h11-14,17-22,29H,2-10,15-16H2,1H3/t19?,20-,21-,22-/m1/s1. The maximum atomic E-state index is 15.1. The Balaban J connectivity index is 1.37. The van der Waals surface area contributed by atoms with E-state index in [-0.39, 0.29) is 17.0 Å². The second-order valence-corrected chi connectivity index (χ2v) is 10.9. The molecular weight excluding hydrogens is 490 g/mol. The molecule has 204 valence electrons. The van der Waals surface area contributed by atoms with Crippen LogP contribution in [0.3, 0.4) is 0 Å². The molecule has 37 heavy (non-hydrogen) atoms. The van der Waals surface area contributed by atoms with E-state index >= 15 is 4.39 Å². The van der Waals surface area contributed by atoms with Crippen molar-refractivity contribution < 1.29 is 31.1 Å². The zero-order valence-corrected chi connectivity index (χ0v) is 21.3. The minimum absolute atomic E-state index is 0.118. The Morgan fingerprint density at radius 3 is 2.32 bits per heavy atom. The van der Waals surface area contributed by atoms with Gasteiger partial charge in [-0.05, 0) is 85.1 Å². The van der Waals surface area contributed by atoms with Crippen molar-refractivity contribution in [3.63, 3.8) is 0 Å². The minimum Gasteiger partial charge on any atom is -0.425 e. The third kappa shape index (κ3) is 6.83. The normalized spacial score (nSPS) is 24.2. The molecule has 0 aromatic heterocycles. The van der Waals surface area contributed by atoms with E-state index in [0.29, 0.717) is 5.92 Å². The Bertz CT molecular complexity index is 1040. The summed E-state index contributed by atoms with van der Waals surface area (Å²) in [7, 11) is 0. The van der Waals surface area contributed by atoms with Crippen molar-refractivity contribution >= 4 is 0 Å². The van der Waals surface area contributed by atoms with Gasteiger partial charge in [-0.3, -0.25) is 0 Å². The first-order valence-corrected chi connectivity index (χ1v) is 13.6. The Labute approximate surface area is 215 Å². The predicted octanol–water partition coefficient (Wildman–Crippen LogP) is 10.1. The van der Waals surface area contributed by atoms with Crippen molar-refractivity contribution in [3.8, 4) is 16.9 Å². The molecule has 0 amide bonds. The molecule has 1 nitrogen and oxygen atoms in total. The summed E-state index contributed by atoms with van der Waals surface area (Å²) in [5.74, 6) is -0.214. The molecule has 2 fully saturated rings. The number of unbranched alkanes of at least 4 members (excludes halogenated alkanes) is 3. The molecule has 2 aliphatic rings. The van der Waals surface area contributed by atoms with Crippen molar-refractivity contribution in [2.75, 3.05) is 0 Å². The molecule has 0 aliphatic heterocycles. The van der Waals surface area contributed by atoms with Crippen LogP contribution in [0, 0.1) is 29.4 Å². The van der Waals surface area contributed by atoms with Crippen LogP contribution in [0.25, 0.3) is 11.1 Å². The number of benzene rings is 2. The van der Waals surface area contributed by atoms with Gasteiger partial charge >= 0.3 is 12.5 Å². The van der Waals surface area contributed by atoms with Crippen LogP contribution in [0.15, 0.2) is 36.4 Å². The van der Waals surface area contributed by atoms with Crippen LogP contribution in [-0.2, 0) is 0 Å². The Hall–Kier alpha value is -2.18. The maximum absolute atomic E-state index is 15.1. The van der Waals surface area contributed by atoms with Crippen LogP contribution in [0.2, 0.25) is 0 Å². The van der Waals surface area contributed by atoms with Crippen molar-refractivity contribution in [3.05, 3.63) is 53.6 Å². The molecule has 4 rings (SSSR count). The van der Waals surface area contributed by atoms with Crippen molar-refractivity contribution in [1.29, 1.82) is 0 Å². The highest BCUT2D eigenvalue weighted by Crippen LogP contribution is 2.48. The molecule has 4 atom stereocenters. The quantitative estimate of drug-likeness (QED) is 0.221. The van der Waals surface area contributed by atoms with Gasteiger partial charge in [-0.2, -0.15) is 17.6 Å². The highest BCUT2D eigenvalue weighted by atomic mass is 19.3. The van der Waals surface area contributed by atoms with E-state index in [0.717, 1.165) is 42.4 Å². The highest BCUT2D eigenvalue weighted by molar-refractivity contribution is 5.65. The van der Waals surface area contributed by atoms with Gasteiger partial charge in [-0.1, -0.05) is 63.6 Å². The van der Waals surface area contributed by atoms with Gasteiger partial charge in [0.25, 0.3) is 0 Å². The van der Waals surface area contributed by atoms with Gasteiger partial charge in [-0.15, -0.1) is 0 Å². The Morgan fingerprint density at radius 2 is 1.62 bits per heavy atom. The lowest BCUT2D eigenvalue weighted by Crippen LogP contribution is -2.33. The number of hydrogen-bond donors (Lipinski definition) is 0. The SMILES string of the molecule is CCCCCCC1CC[C@@H]2C[C@H](c3ccc(-c4ccc(OC(F)(F)C(F)F)c(F)c4)c(F)c3)CC[C@@H]2C1. The topological polar surface area (TPSA) is 9.23 Å². The van der Waals surface area contributed by atoms with Gasteiger partial charge in [0, 0.05) is 5.56 Å². The first-order chi connectivity index (χ1) is 17.7. The number of rotatable bonds is 10. The van der Waals surface area contributed by atoms with Crippen LogP contribution < -0.4 is 4.74 Å². The summed E-state index contributed by atoms with van der Waals surface area (Å²) >= 11 is 0. The lowest BCUT2D eigenvalue weighted by molar-refractivity contribution is -0.254. The fraction of sp³-hybridized carbons (Fsp3) is 0.600. The van der Waals surface area contributed by atoms with Crippen molar-refractivity contribution in [1.82, 2.24) is 0 Å². The summed E-state index contributed by atoms with van der Waals surface area (Å²) < 4.78 is 84.2. The second kappa shape index (κ2) is 12.1. The van der Waals surface area contributed by atoms with Gasteiger partial charge in [0.05, 0.1) is 0 Å². The van der Waals surface area contributed by atoms with E-state index in [1.54, 1.807) is 6.07 Å². The van der Waals surface area contributed by atoms with Crippen LogP contribution in [0.1, 0.15) is 89.0 Å². The summed E-state index contributed by atoms with van der Waals surface area (Å²) in [5, 5.41) is 0. The fourth-order valence-corrected chi connectivity index (χ4v) is 6.37. The average molecular weight is 527 g/mol. The molecule has 7 heteroatoms. The molecule has 0 N–H and O–H groups in total.